The SMILES string of the molecule is COc1cc(OC)cc(C(=O)Nc2ccc3c(c2)ncn3-c2ccnc(NC(C)c3ccccc3)n2)c1. The van der Waals surface area contributed by atoms with Gasteiger partial charge in [-0.2, -0.15) is 4.98 Å². The van der Waals surface area contributed by atoms with E-state index in [1.54, 1.807) is 44.9 Å². The molecule has 1 amide bonds. The fraction of sp³-hybridized carbons (Fsp3) is 0.143. The summed E-state index contributed by atoms with van der Waals surface area (Å²) in [5, 5.41) is 6.26. The molecule has 3 aromatic carbocycles. The normalized spacial score (nSPS) is 11.6. The lowest BCUT2D eigenvalue weighted by Gasteiger charge is -2.14. The molecule has 2 heterocycles. The van der Waals surface area contributed by atoms with Crippen LogP contribution in [0.3, 0.4) is 0 Å². The highest BCUT2D eigenvalue weighted by Gasteiger charge is 2.13. The molecule has 0 aliphatic carbocycles. The molecule has 0 radical (unpaired) electrons. The number of benzene rings is 3. The Labute approximate surface area is 214 Å². The minimum Gasteiger partial charge on any atom is -0.497 e. The third-order valence-electron chi connectivity index (χ3n) is 5.95. The molecule has 2 aromatic heterocycles. The number of carbonyl (C=O) groups excluding carboxylic acids is 1. The third-order valence-corrected chi connectivity index (χ3v) is 5.95. The summed E-state index contributed by atoms with van der Waals surface area (Å²) in [4.78, 5) is 26.4. The van der Waals surface area contributed by atoms with E-state index >= 15 is 0 Å². The van der Waals surface area contributed by atoms with Crippen molar-refractivity contribution in [1.29, 1.82) is 0 Å². The van der Waals surface area contributed by atoms with E-state index in [0.717, 1.165) is 11.1 Å². The molecule has 186 valence electrons. The number of anilines is 2. The highest BCUT2D eigenvalue weighted by atomic mass is 16.5. The Kier molecular flexibility index (Phi) is 6.67. The molecule has 9 nitrogen and oxygen atoms in total. The van der Waals surface area contributed by atoms with Crippen molar-refractivity contribution in [3.8, 4) is 17.3 Å². The lowest BCUT2D eigenvalue weighted by molar-refractivity contribution is 0.102. The summed E-state index contributed by atoms with van der Waals surface area (Å²) in [6, 6.07) is 22.6. The summed E-state index contributed by atoms with van der Waals surface area (Å²) in [5.41, 5.74) is 3.75. The van der Waals surface area contributed by atoms with E-state index in [2.05, 4.69) is 44.6 Å². The van der Waals surface area contributed by atoms with Gasteiger partial charge >= 0.3 is 0 Å². The summed E-state index contributed by atoms with van der Waals surface area (Å²) in [6.45, 7) is 2.06. The van der Waals surface area contributed by atoms with Crippen LogP contribution in [0.4, 0.5) is 11.6 Å². The highest BCUT2D eigenvalue weighted by molar-refractivity contribution is 6.05. The number of nitrogens with one attached hydrogen (secondary N) is 2. The predicted octanol–water partition coefficient (Wildman–Crippen LogP) is 5.26. The average molecular weight is 495 g/mol. The summed E-state index contributed by atoms with van der Waals surface area (Å²) in [7, 11) is 3.09. The molecule has 0 bridgehead atoms. The van der Waals surface area contributed by atoms with Crippen LogP contribution < -0.4 is 20.1 Å². The minimum atomic E-state index is -0.282. The van der Waals surface area contributed by atoms with E-state index in [1.165, 1.54) is 0 Å². The second-order valence-corrected chi connectivity index (χ2v) is 8.39. The first-order valence-electron chi connectivity index (χ1n) is 11.7. The molecule has 5 aromatic rings. The molecular formula is C28H26N6O3. The number of amides is 1. The zero-order valence-corrected chi connectivity index (χ0v) is 20.7. The van der Waals surface area contributed by atoms with Crippen LogP contribution in [0.1, 0.15) is 28.9 Å². The van der Waals surface area contributed by atoms with Crippen molar-refractivity contribution >= 4 is 28.6 Å². The van der Waals surface area contributed by atoms with Crippen molar-refractivity contribution in [2.45, 2.75) is 13.0 Å². The molecule has 1 unspecified atom stereocenters. The Bertz CT molecular complexity index is 1530. The number of ether oxygens (including phenoxy) is 2. The van der Waals surface area contributed by atoms with Crippen molar-refractivity contribution in [2.75, 3.05) is 24.9 Å². The van der Waals surface area contributed by atoms with E-state index in [4.69, 9.17) is 9.47 Å². The first-order chi connectivity index (χ1) is 18.0. The van der Waals surface area contributed by atoms with Gasteiger partial charge in [0.2, 0.25) is 5.95 Å². The first-order valence-corrected chi connectivity index (χ1v) is 11.7. The Morgan fingerprint density at radius 2 is 1.68 bits per heavy atom. The van der Waals surface area contributed by atoms with Crippen LogP contribution in [0.15, 0.2) is 85.3 Å². The summed E-state index contributed by atoms with van der Waals surface area (Å²) < 4.78 is 12.4. The quantitative estimate of drug-likeness (QED) is 0.303. The highest BCUT2D eigenvalue weighted by Crippen LogP contribution is 2.25. The van der Waals surface area contributed by atoms with Crippen molar-refractivity contribution in [3.63, 3.8) is 0 Å². The molecule has 9 heteroatoms. The number of fused-ring (bicyclic) bond motifs is 1. The largest absolute Gasteiger partial charge is 0.497 e. The van der Waals surface area contributed by atoms with Gasteiger partial charge in [0, 0.05) is 23.5 Å². The zero-order valence-electron chi connectivity index (χ0n) is 20.7. The van der Waals surface area contributed by atoms with Crippen LogP contribution in [-0.4, -0.2) is 39.6 Å². The maximum absolute atomic E-state index is 12.9. The van der Waals surface area contributed by atoms with E-state index < -0.39 is 0 Å². The number of nitrogens with zero attached hydrogens (tertiary/aromatic N) is 4. The van der Waals surface area contributed by atoms with Crippen LogP contribution in [0.2, 0.25) is 0 Å². The van der Waals surface area contributed by atoms with Crippen LogP contribution in [0, 0.1) is 0 Å². The minimum absolute atomic E-state index is 0.0479. The summed E-state index contributed by atoms with van der Waals surface area (Å²) in [6.07, 6.45) is 3.42. The van der Waals surface area contributed by atoms with Gasteiger partial charge in [-0.3, -0.25) is 9.36 Å². The van der Waals surface area contributed by atoms with Gasteiger partial charge in [0.15, 0.2) is 0 Å². The van der Waals surface area contributed by atoms with Gasteiger partial charge in [-0.15, -0.1) is 0 Å². The van der Waals surface area contributed by atoms with Gasteiger partial charge in [-0.05, 0) is 48.9 Å². The molecule has 0 saturated heterocycles. The fourth-order valence-corrected chi connectivity index (χ4v) is 3.99. The lowest BCUT2D eigenvalue weighted by atomic mass is 10.1. The number of imidazole rings is 1. The molecule has 2 N–H and O–H groups in total. The topological polar surface area (TPSA) is 103 Å². The van der Waals surface area contributed by atoms with E-state index in [1.807, 2.05) is 47.0 Å². The number of aromatic nitrogens is 4. The first kappa shape index (κ1) is 23.8. The number of hydrogen-bond donors (Lipinski definition) is 2. The molecule has 0 saturated carbocycles. The van der Waals surface area contributed by atoms with Gasteiger partial charge in [0.05, 0.1) is 31.3 Å². The number of carbonyl (C=O) groups is 1. The van der Waals surface area contributed by atoms with Gasteiger partial charge in [-0.25, -0.2) is 9.97 Å². The van der Waals surface area contributed by atoms with Gasteiger partial charge in [0.25, 0.3) is 5.91 Å². The Morgan fingerprint density at radius 3 is 2.41 bits per heavy atom. The summed E-state index contributed by atoms with van der Waals surface area (Å²) >= 11 is 0. The van der Waals surface area contributed by atoms with Crippen LogP contribution in [0.25, 0.3) is 16.9 Å². The molecule has 0 aliphatic heterocycles. The second kappa shape index (κ2) is 10.4. The second-order valence-electron chi connectivity index (χ2n) is 8.39. The Balaban J connectivity index is 1.36. The third kappa shape index (κ3) is 5.20. The number of methoxy groups -OCH3 is 2. The molecule has 37 heavy (non-hydrogen) atoms. The monoisotopic (exact) mass is 494 g/mol. The van der Waals surface area contributed by atoms with Gasteiger partial charge < -0.3 is 20.1 Å². The summed E-state index contributed by atoms with van der Waals surface area (Å²) in [5.74, 6) is 2.00. The molecule has 0 aliphatic rings. The standard InChI is InChI=1S/C28H26N6O3/c1-18(19-7-5-4-6-8-19)31-28-29-12-11-26(33-28)34-17-30-24-15-21(9-10-25(24)34)32-27(35)20-13-22(36-2)16-23(14-20)37-3/h4-18H,1-3H3,(H,32,35)(H,29,31,33). The van der Waals surface area contributed by atoms with Gasteiger partial charge in [-0.1, -0.05) is 30.3 Å². The van der Waals surface area contributed by atoms with Crippen molar-refractivity contribution < 1.29 is 14.3 Å². The van der Waals surface area contributed by atoms with Crippen LogP contribution in [-0.2, 0) is 0 Å². The van der Waals surface area contributed by atoms with Crippen LogP contribution >= 0.6 is 0 Å². The van der Waals surface area contributed by atoms with Crippen molar-refractivity contribution in [1.82, 2.24) is 19.5 Å². The zero-order chi connectivity index (χ0) is 25.8. The molecule has 0 spiro atoms. The smallest absolute Gasteiger partial charge is 0.255 e. The fourth-order valence-electron chi connectivity index (χ4n) is 3.99. The van der Waals surface area contributed by atoms with Gasteiger partial charge in [0.1, 0.15) is 23.6 Å². The Hall–Kier alpha value is -4.92. The molecule has 0 fully saturated rings. The maximum atomic E-state index is 12.9. The predicted molar refractivity (Wildman–Crippen MR) is 143 cm³/mol. The van der Waals surface area contributed by atoms with E-state index in [9.17, 15) is 4.79 Å². The number of hydrogen-bond acceptors (Lipinski definition) is 7. The number of rotatable bonds is 8. The average Bonchev–Trinajstić information content (AvgIpc) is 3.36. The maximum Gasteiger partial charge on any atom is 0.255 e. The molecule has 5 rings (SSSR count). The van der Waals surface area contributed by atoms with Crippen LogP contribution in [0.5, 0.6) is 11.5 Å². The molecular weight excluding hydrogens is 468 g/mol. The van der Waals surface area contributed by atoms with Crippen molar-refractivity contribution in [3.05, 3.63) is 96.4 Å². The molecule has 1 atom stereocenters. The lowest BCUT2D eigenvalue weighted by Crippen LogP contribution is -2.12. The van der Waals surface area contributed by atoms with Crippen molar-refractivity contribution in [2.24, 2.45) is 0 Å². The van der Waals surface area contributed by atoms with E-state index in [0.29, 0.717) is 40.0 Å². The van der Waals surface area contributed by atoms with E-state index in [-0.39, 0.29) is 11.9 Å². The Morgan fingerprint density at radius 1 is 0.919 bits per heavy atom.